The normalized spacial score (nSPS) is 22.0. The Bertz CT molecular complexity index is 912. The number of aromatic nitrogens is 3. The minimum Gasteiger partial charge on any atom is -0.464 e. The van der Waals surface area contributed by atoms with Gasteiger partial charge in [-0.15, -0.1) is 0 Å². The number of rotatable bonds is 2. The lowest BCUT2D eigenvalue weighted by molar-refractivity contribution is -0.145. The van der Waals surface area contributed by atoms with Gasteiger partial charge < -0.3 is 15.0 Å². The van der Waals surface area contributed by atoms with E-state index in [1.54, 1.807) is 36.2 Å². The maximum atomic E-state index is 12.7. The van der Waals surface area contributed by atoms with Crippen molar-refractivity contribution in [1.82, 2.24) is 19.2 Å². The van der Waals surface area contributed by atoms with E-state index in [-0.39, 0.29) is 17.7 Å². The number of ether oxygens (including phenoxy) is 1. The Morgan fingerprint density at radius 1 is 1.23 bits per heavy atom. The van der Waals surface area contributed by atoms with Gasteiger partial charge >= 0.3 is 17.7 Å². The van der Waals surface area contributed by atoms with Gasteiger partial charge in [0.2, 0.25) is 0 Å². The Morgan fingerprint density at radius 3 is 2.62 bits per heavy atom. The number of cyclic esters (lactones) is 1. The highest BCUT2D eigenvalue weighted by molar-refractivity contribution is 5.95. The van der Waals surface area contributed by atoms with Crippen LogP contribution in [0.4, 0.5) is 10.5 Å². The molecule has 4 rings (SSSR count). The van der Waals surface area contributed by atoms with E-state index < -0.39 is 5.54 Å². The van der Waals surface area contributed by atoms with E-state index >= 15 is 0 Å². The van der Waals surface area contributed by atoms with Crippen molar-refractivity contribution in [3.63, 3.8) is 0 Å². The number of amides is 2. The highest BCUT2D eigenvalue weighted by Gasteiger charge is 2.53. The zero-order valence-electron chi connectivity index (χ0n) is 14.3. The van der Waals surface area contributed by atoms with Gasteiger partial charge in [-0.2, -0.15) is 9.78 Å². The maximum absolute atomic E-state index is 12.7. The highest BCUT2D eigenvalue weighted by Crippen LogP contribution is 2.37. The summed E-state index contributed by atoms with van der Waals surface area (Å²) in [4.78, 5) is 38.3. The topological polar surface area (TPSA) is 98.5 Å². The number of nitrogens with zero attached hydrogens (tertiary/aromatic N) is 4. The summed E-state index contributed by atoms with van der Waals surface area (Å²) < 4.78 is 7.75. The molecule has 2 aliphatic rings. The molecule has 26 heavy (non-hydrogen) atoms. The van der Waals surface area contributed by atoms with Crippen molar-refractivity contribution in [2.45, 2.75) is 24.8 Å². The van der Waals surface area contributed by atoms with E-state index in [0.717, 1.165) is 6.42 Å². The molecule has 1 aromatic carbocycles. The number of hydrogen-bond donors (Lipinski definition) is 1. The predicted octanol–water partition coefficient (Wildman–Crippen LogP) is 0.884. The van der Waals surface area contributed by atoms with Crippen molar-refractivity contribution in [2.24, 2.45) is 7.05 Å². The molecule has 1 spiro atoms. The summed E-state index contributed by atoms with van der Waals surface area (Å²) in [6, 6.07) is 6.49. The SMILES string of the molecule is Cn1cnn(-c2ccc(NC(=O)N3CCCC34CCOC4=O)cc2)c1=O. The van der Waals surface area contributed by atoms with Crippen molar-refractivity contribution in [3.05, 3.63) is 41.1 Å². The first-order valence-corrected chi connectivity index (χ1v) is 8.48. The summed E-state index contributed by atoms with van der Waals surface area (Å²) in [5, 5.41) is 6.84. The van der Waals surface area contributed by atoms with Gasteiger partial charge in [0.05, 0.1) is 12.3 Å². The monoisotopic (exact) mass is 357 g/mol. The molecule has 0 aliphatic carbocycles. The van der Waals surface area contributed by atoms with Crippen LogP contribution in [0, 0.1) is 0 Å². The van der Waals surface area contributed by atoms with Crippen molar-refractivity contribution in [3.8, 4) is 5.69 Å². The highest BCUT2D eigenvalue weighted by atomic mass is 16.5. The zero-order chi connectivity index (χ0) is 18.3. The number of aryl methyl sites for hydroxylation is 1. The van der Waals surface area contributed by atoms with E-state index in [1.165, 1.54) is 15.6 Å². The van der Waals surface area contributed by atoms with E-state index in [2.05, 4.69) is 10.4 Å². The lowest BCUT2D eigenvalue weighted by atomic mass is 9.95. The van der Waals surface area contributed by atoms with Crippen LogP contribution in [0.5, 0.6) is 0 Å². The van der Waals surface area contributed by atoms with Crippen LogP contribution in [-0.2, 0) is 16.6 Å². The fourth-order valence-electron chi connectivity index (χ4n) is 3.63. The van der Waals surface area contributed by atoms with Gasteiger partial charge in [-0.05, 0) is 37.1 Å². The standard InChI is InChI=1S/C17H19N5O4/c1-20-11-18-22(16(20)25)13-5-3-12(4-6-13)19-15(24)21-9-2-7-17(21)8-10-26-14(17)23/h3-6,11H,2,7-10H2,1H3,(H,19,24). The molecule has 9 heteroatoms. The van der Waals surface area contributed by atoms with E-state index in [9.17, 15) is 14.4 Å². The molecule has 2 saturated heterocycles. The zero-order valence-corrected chi connectivity index (χ0v) is 14.3. The van der Waals surface area contributed by atoms with Gasteiger partial charge in [-0.25, -0.2) is 14.4 Å². The Balaban J connectivity index is 1.51. The summed E-state index contributed by atoms with van der Waals surface area (Å²) in [7, 11) is 1.63. The molecule has 2 aliphatic heterocycles. The first-order valence-electron chi connectivity index (χ1n) is 8.48. The second-order valence-electron chi connectivity index (χ2n) is 6.59. The minimum atomic E-state index is -0.814. The van der Waals surface area contributed by atoms with Gasteiger partial charge in [-0.1, -0.05) is 0 Å². The second-order valence-corrected chi connectivity index (χ2v) is 6.59. The fourth-order valence-corrected chi connectivity index (χ4v) is 3.63. The second kappa shape index (κ2) is 6.01. The maximum Gasteiger partial charge on any atom is 0.350 e. The Hall–Kier alpha value is -3.10. The molecular formula is C17H19N5O4. The van der Waals surface area contributed by atoms with Crippen molar-refractivity contribution >= 4 is 17.7 Å². The summed E-state index contributed by atoms with van der Waals surface area (Å²) in [5.41, 5.74) is 0.118. The average Bonchev–Trinajstić information content (AvgIpc) is 3.32. The van der Waals surface area contributed by atoms with Gasteiger partial charge in [-0.3, -0.25) is 4.57 Å². The number of carbonyl (C=O) groups is 2. The van der Waals surface area contributed by atoms with E-state index in [1.807, 2.05) is 0 Å². The number of esters is 1. The van der Waals surface area contributed by atoms with Gasteiger partial charge in [0.1, 0.15) is 11.9 Å². The summed E-state index contributed by atoms with van der Waals surface area (Å²) in [6.45, 7) is 0.887. The smallest absolute Gasteiger partial charge is 0.350 e. The van der Waals surface area contributed by atoms with Gasteiger partial charge in [0, 0.05) is 25.7 Å². The third kappa shape index (κ3) is 2.47. The molecule has 9 nitrogen and oxygen atoms in total. The molecule has 1 N–H and O–H groups in total. The lowest BCUT2D eigenvalue weighted by Crippen LogP contribution is -2.52. The number of urea groups is 1. The molecule has 0 radical (unpaired) electrons. The van der Waals surface area contributed by atoms with Crippen LogP contribution in [0.3, 0.4) is 0 Å². The first kappa shape index (κ1) is 16.4. The molecule has 2 aromatic rings. The van der Waals surface area contributed by atoms with Crippen LogP contribution >= 0.6 is 0 Å². The van der Waals surface area contributed by atoms with Crippen LogP contribution in [0.25, 0.3) is 5.69 Å². The molecule has 1 atom stereocenters. The van der Waals surface area contributed by atoms with Crippen molar-refractivity contribution in [2.75, 3.05) is 18.5 Å². The summed E-state index contributed by atoms with van der Waals surface area (Å²) in [5.74, 6) is -0.310. The van der Waals surface area contributed by atoms with Crippen molar-refractivity contribution < 1.29 is 14.3 Å². The average molecular weight is 357 g/mol. The number of nitrogens with one attached hydrogen (secondary N) is 1. The number of likely N-dealkylation sites (tertiary alicyclic amines) is 1. The van der Waals surface area contributed by atoms with Crippen molar-refractivity contribution in [1.29, 1.82) is 0 Å². The number of carbonyl (C=O) groups excluding carboxylic acids is 2. The molecule has 2 amide bonds. The fraction of sp³-hybridized carbons (Fsp3) is 0.412. The summed E-state index contributed by atoms with van der Waals surface area (Å²) in [6.07, 6.45) is 3.40. The third-order valence-corrected chi connectivity index (χ3v) is 5.05. The molecule has 1 unspecified atom stereocenters. The lowest BCUT2D eigenvalue weighted by Gasteiger charge is -2.31. The van der Waals surface area contributed by atoms with E-state index in [0.29, 0.717) is 37.4 Å². The summed E-state index contributed by atoms with van der Waals surface area (Å²) >= 11 is 0. The molecule has 136 valence electrons. The van der Waals surface area contributed by atoms with Crippen LogP contribution in [0.1, 0.15) is 19.3 Å². The first-order chi connectivity index (χ1) is 12.5. The molecule has 0 saturated carbocycles. The Labute approximate surface area is 149 Å². The van der Waals surface area contributed by atoms with E-state index in [4.69, 9.17) is 4.74 Å². The largest absolute Gasteiger partial charge is 0.464 e. The molecule has 2 fully saturated rings. The molecule has 1 aromatic heterocycles. The Morgan fingerprint density at radius 2 is 2.00 bits per heavy atom. The van der Waals surface area contributed by atoms with Gasteiger partial charge in [0.15, 0.2) is 0 Å². The predicted molar refractivity (Wildman–Crippen MR) is 92.1 cm³/mol. The number of hydrogen-bond acceptors (Lipinski definition) is 5. The minimum absolute atomic E-state index is 0.250. The molecule has 3 heterocycles. The molecule has 0 bridgehead atoms. The number of benzene rings is 1. The number of anilines is 1. The molecular weight excluding hydrogens is 338 g/mol. The Kier molecular flexibility index (Phi) is 3.78. The van der Waals surface area contributed by atoms with Crippen LogP contribution in [0.2, 0.25) is 0 Å². The van der Waals surface area contributed by atoms with Gasteiger partial charge in [0.25, 0.3) is 0 Å². The van der Waals surface area contributed by atoms with Crippen LogP contribution < -0.4 is 11.0 Å². The van der Waals surface area contributed by atoms with Crippen LogP contribution in [-0.4, -0.2) is 49.9 Å². The van der Waals surface area contributed by atoms with Crippen LogP contribution in [0.15, 0.2) is 35.4 Å². The quantitative estimate of drug-likeness (QED) is 0.805. The third-order valence-electron chi connectivity index (χ3n) is 5.05.